The van der Waals surface area contributed by atoms with Gasteiger partial charge in [0.05, 0.1) is 12.2 Å². The first-order chi connectivity index (χ1) is 9.04. The minimum Gasteiger partial charge on any atom is -0.478 e. The molecule has 19 heavy (non-hydrogen) atoms. The molecule has 0 saturated heterocycles. The second-order valence-corrected chi connectivity index (χ2v) is 3.93. The highest BCUT2D eigenvalue weighted by atomic mass is 16.5. The number of carbonyl (C=O) groups is 2. The van der Waals surface area contributed by atoms with Crippen LogP contribution in [-0.2, 0) is 4.74 Å². The van der Waals surface area contributed by atoms with Gasteiger partial charge in [0.2, 0.25) is 0 Å². The number of hydrogen-bond acceptors (Lipinski definition) is 3. The minimum absolute atomic E-state index is 0.134. The van der Waals surface area contributed by atoms with Crippen LogP contribution in [0.3, 0.4) is 0 Å². The Balaban J connectivity index is 2.56. The van der Waals surface area contributed by atoms with Crippen LogP contribution in [0.1, 0.15) is 17.3 Å². The van der Waals surface area contributed by atoms with E-state index in [1.165, 1.54) is 17.0 Å². The number of likely N-dealkylation sites (N-methyl/N-ethyl adjacent to an activating group) is 1. The zero-order valence-corrected chi connectivity index (χ0v) is 11.0. The highest BCUT2D eigenvalue weighted by molar-refractivity contribution is 5.93. The number of carboxylic acids is 1. The maximum atomic E-state index is 11.8. The molecule has 0 bridgehead atoms. The van der Waals surface area contributed by atoms with Crippen molar-refractivity contribution in [3.63, 3.8) is 0 Å². The zero-order chi connectivity index (χ0) is 14.3. The number of carboxylic acid groups (broad SMARTS) is 1. The Labute approximate surface area is 112 Å². The van der Waals surface area contributed by atoms with Crippen molar-refractivity contribution in [3.05, 3.63) is 29.8 Å². The number of aromatic carboxylic acids is 1. The molecular weight excluding hydrogens is 248 g/mol. The van der Waals surface area contributed by atoms with Gasteiger partial charge in [-0.05, 0) is 25.1 Å². The van der Waals surface area contributed by atoms with Crippen LogP contribution in [0.15, 0.2) is 24.3 Å². The Morgan fingerprint density at radius 2 is 2.16 bits per heavy atom. The van der Waals surface area contributed by atoms with E-state index in [0.29, 0.717) is 25.4 Å². The summed E-state index contributed by atoms with van der Waals surface area (Å²) in [5, 5.41) is 11.5. The molecule has 0 aliphatic carbocycles. The van der Waals surface area contributed by atoms with Crippen LogP contribution in [0.4, 0.5) is 10.5 Å². The predicted octanol–water partition coefficient (Wildman–Crippen LogP) is 1.89. The number of nitrogens with one attached hydrogen (secondary N) is 1. The molecule has 0 saturated carbocycles. The van der Waals surface area contributed by atoms with Gasteiger partial charge >= 0.3 is 12.0 Å². The SMILES string of the molecule is CCOCCN(C)C(=O)Nc1cccc(C(=O)O)c1. The van der Waals surface area contributed by atoms with Crippen molar-refractivity contribution in [2.24, 2.45) is 0 Å². The molecule has 0 aliphatic rings. The smallest absolute Gasteiger partial charge is 0.335 e. The maximum Gasteiger partial charge on any atom is 0.335 e. The van der Waals surface area contributed by atoms with Crippen molar-refractivity contribution >= 4 is 17.7 Å². The standard InChI is InChI=1S/C13H18N2O4/c1-3-19-8-7-15(2)13(18)14-11-6-4-5-10(9-11)12(16)17/h4-6,9H,3,7-8H2,1-2H3,(H,14,18)(H,16,17). The van der Waals surface area contributed by atoms with Crippen molar-refractivity contribution in [1.82, 2.24) is 4.90 Å². The van der Waals surface area contributed by atoms with E-state index < -0.39 is 5.97 Å². The first-order valence-corrected chi connectivity index (χ1v) is 5.97. The summed E-state index contributed by atoms with van der Waals surface area (Å²) >= 11 is 0. The summed E-state index contributed by atoms with van der Waals surface area (Å²) in [5.41, 5.74) is 0.586. The highest BCUT2D eigenvalue weighted by Gasteiger charge is 2.09. The van der Waals surface area contributed by atoms with Crippen LogP contribution >= 0.6 is 0 Å². The third kappa shape index (κ3) is 4.97. The molecule has 0 heterocycles. The average Bonchev–Trinajstić information content (AvgIpc) is 2.39. The molecule has 0 atom stereocenters. The largest absolute Gasteiger partial charge is 0.478 e. The number of urea groups is 1. The van der Waals surface area contributed by atoms with E-state index in [2.05, 4.69) is 5.32 Å². The van der Waals surface area contributed by atoms with Gasteiger partial charge in [0.25, 0.3) is 0 Å². The summed E-state index contributed by atoms with van der Waals surface area (Å²) in [6.45, 7) is 3.43. The Bertz CT molecular complexity index is 448. The molecule has 0 radical (unpaired) electrons. The molecule has 2 N–H and O–H groups in total. The first kappa shape index (κ1) is 15.0. The average molecular weight is 266 g/mol. The van der Waals surface area contributed by atoms with E-state index in [1.807, 2.05) is 6.92 Å². The van der Waals surface area contributed by atoms with Gasteiger partial charge in [0.15, 0.2) is 0 Å². The molecule has 104 valence electrons. The number of amides is 2. The Morgan fingerprint density at radius 3 is 2.79 bits per heavy atom. The lowest BCUT2D eigenvalue weighted by Gasteiger charge is -2.17. The lowest BCUT2D eigenvalue weighted by molar-refractivity contribution is 0.0697. The van der Waals surface area contributed by atoms with Crippen LogP contribution in [0.2, 0.25) is 0 Å². The van der Waals surface area contributed by atoms with Crippen LogP contribution in [0.25, 0.3) is 0 Å². The molecule has 0 spiro atoms. The number of rotatable bonds is 6. The van der Waals surface area contributed by atoms with Crippen LogP contribution in [0, 0.1) is 0 Å². The fourth-order valence-corrected chi connectivity index (χ4v) is 1.40. The number of anilines is 1. The van der Waals surface area contributed by atoms with Crippen molar-refractivity contribution < 1.29 is 19.4 Å². The van der Waals surface area contributed by atoms with E-state index in [9.17, 15) is 9.59 Å². The number of ether oxygens (including phenoxy) is 1. The molecule has 2 amide bonds. The number of benzene rings is 1. The summed E-state index contributed by atoms with van der Waals surface area (Å²) in [7, 11) is 1.65. The van der Waals surface area contributed by atoms with Crippen LogP contribution in [-0.4, -0.2) is 48.8 Å². The fourth-order valence-electron chi connectivity index (χ4n) is 1.40. The molecule has 0 aromatic heterocycles. The summed E-state index contributed by atoms with van der Waals surface area (Å²) in [4.78, 5) is 24.1. The van der Waals surface area contributed by atoms with Crippen molar-refractivity contribution in [2.45, 2.75) is 6.92 Å². The molecule has 0 aliphatic heterocycles. The topological polar surface area (TPSA) is 78.9 Å². The third-order valence-corrected chi connectivity index (χ3v) is 2.48. The van der Waals surface area contributed by atoms with Crippen molar-refractivity contribution in [1.29, 1.82) is 0 Å². The third-order valence-electron chi connectivity index (χ3n) is 2.48. The minimum atomic E-state index is -1.03. The molecule has 6 nitrogen and oxygen atoms in total. The summed E-state index contributed by atoms with van der Waals surface area (Å²) in [6.07, 6.45) is 0. The Hall–Kier alpha value is -2.08. The van der Waals surface area contributed by atoms with Gasteiger partial charge < -0.3 is 20.1 Å². The fraction of sp³-hybridized carbons (Fsp3) is 0.385. The molecule has 1 rings (SSSR count). The maximum absolute atomic E-state index is 11.8. The molecule has 6 heteroatoms. The lowest BCUT2D eigenvalue weighted by atomic mass is 10.2. The second-order valence-electron chi connectivity index (χ2n) is 3.93. The van der Waals surface area contributed by atoms with Gasteiger partial charge in [-0.25, -0.2) is 9.59 Å². The second kappa shape index (κ2) is 7.38. The van der Waals surface area contributed by atoms with Gasteiger partial charge in [0, 0.05) is 25.9 Å². The van der Waals surface area contributed by atoms with Crippen molar-refractivity contribution in [2.75, 3.05) is 32.1 Å². The molecule has 1 aromatic rings. The molecule has 0 fully saturated rings. The zero-order valence-electron chi connectivity index (χ0n) is 11.0. The summed E-state index contributed by atoms with van der Waals surface area (Å²) in [6, 6.07) is 5.80. The predicted molar refractivity (Wildman–Crippen MR) is 71.5 cm³/mol. The Kier molecular flexibility index (Phi) is 5.81. The van der Waals surface area contributed by atoms with Gasteiger partial charge in [-0.3, -0.25) is 0 Å². The molecule has 1 aromatic carbocycles. The number of carbonyl (C=O) groups excluding carboxylic acids is 1. The van der Waals surface area contributed by atoms with Gasteiger partial charge in [-0.15, -0.1) is 0 Å². The van der Waals surface area contributed by atoms with Crippen molar-refractivity contribution in [3.8, 4) is 0 Å². The molecular formula is C13H18N2O4. The summed E-state index contributed by atoms with van der Waals surface area (Å²) in [5.74, 6) is -1.03. The van der Waals surface area contributed by atoms with Gasteiger partial charge in [0.1, 0.15) is 0 Å². The van der Waals surface area contributed by atoms with E-state index >= 15 is 0 Å². The monoisotopic (exact) mass is 266 g/mol. The van der Waals surface area contributed by atoms with Gasteiger partial charge in [-0.2, -0.15) is 0 Å². The Morgan fingerprint density at radius 1 is 1.42 bits per heavy atom. The first-order valence-electron chi connectivity index (χ1n) is 5.97. The van der Waals surface area contributed by atoms with E-state index in [-0.39, 0.29) is 11.6 Å². The van der Waals surface area contributed by atoms with Gasteiger partial charge in [-0.1, -0.05) is 6.07 Å². The quantitative estimate of drug-likeness (QED) is 0.771. The van der Waals surface area contributed by atoms with E-state index in [4.69, 9.17) is 9.84 Å². The van der Waals surface area contributed by atoms with E-state index in [0.717, 1.165) is 0 Å². The number of hydrogen-bond donors (Lipinski definition) is 2. The van der Waals surface area contributed by atoms with Crippen LogP contribution in [0.5, 0.6) is 0 Å². The van der Waals surface area contributed by atoms with Crippen LogP contribution < -0.4 is 5.32 Å². The van der Waals surface area contributed by atoms with E-state index in [1.54, 1.807) is 19.2 Å². The molecule has 0 unspecified atom stereocenters. The highest BCUT2D eigenvalue weighted by Crippen LogP contribution is 2.11. The number of nitrogens with zero attached hydrogens (tertiary/aromatic N) is 1. The lowest BCUT2D eigenvalue weighted by Crippen LogP contribution is -2.34. The normalized spacial score (nSPS) is 10.0. The summed E-state index contributed by atoms with van der Waals surface area (Å²) < 4.78 is 5.16.